The fraction of sp³-hybridized carbons (Fsp3) is 1.00. The molecule has 2 atom stereocenters. The highest BCUT2D eigenvalue weighted by Gasteiger charge is 2.32. The van der Waals surface area contributed by atoms with Gasteiger partial charge in [0.05, 0.1) is 6.10 Å². The summed E-state index contributed by atoms with van der Waals surface area (Å²) in [6.07, 6.45) is 5.71. The van der Waals surface area contributed by atoms with Gasteiger partial charge in [0.25, 0.3) is 0 Å². The Hall–Kier alpha value is -0.120. The molecular weight excluding hydrogens is 236 g/mol. The number of nitrogens with zero attached hydrogens (tertiary/aromatic N) is 1. The number of hydrogen-bond donors (Lipinski definition) is 1. The molecular formula is C16H32N2O. The van der Waals surface area contributed by atoms with E-state index in [1.807, 2.05) is 0 Å². The maximum absolute atomic E-state index is 5.79. The monoisotopic (exact) mass is 268 g/mol. The maximum atomic E-state index is 5.79. The van der Waals surface area contributed by atoms with Gasteiger partial charge in [-0.2, -0.15) is 0 Å². The Balaban J connectivity index is 1.84. The lowest BCUT2D eigenvalue weighted by atomic mass is 9.74. The predicted molar refractivity (Wildman–Crippen MR) is 80.5 cm³/mol. The first-order valence-corrected chi connectivity index (χ1v) is 8.16. The summed E-state index contributed by atoms with van der Waals surface area (Å²) in [7, 11) is 0. The summed E-state index contributed by atoms with van der Waals surface area (Å²) in [5.74, 6) is 0.819. The molecule has 0 aromatic carbocycles. The Morgan fingerprint density at radius 3 is 2.68 bits per heavy atom. The van der Waals surface area contributed by atoms with E-state index in [1.165, 1.54) is 45.3 Å². The van der Waals surface area contributed by atoms with Crippen LogP contribution in [0, 0.1) is 11.3 Å². The Bertz CT molecular complexity index is 255. The maximum Gasteiger partial charge on any atom is 0.0702 e. The summed E-state index contributed by atoms with van der Waals surface area (Å²) < 4.78 is 5.79. The summed E-state index contributed by atoms with van der Waals surface area (Å²) in [6.45, 7) is 14.0. The Kier molecular flexibility index (Phi) is 5.67. The smallest absolute Gasteiger partial charge is 0.0702 e. The van der Waals surface area contributed by atoms with E-state index < -0.39 is 0 Å². The van der Waals surface area contributed by atoms with Gasteiger partial charge in [-0.15, -0.1) is 0 Å². The van der Waals surface area contributed by atoms with Crippen LogP contribution in [0.2, 0.25) is 0 Å². The standard InChI is InChI=1S/C16H32N2O/c1-4-18(12-15-8-6-10-19-15)13-16(2,3)14-7-5-9-17-11-14/h14-15,17H,4-13H2,1-3H3. The molecule has 1 N–H and O–H groups in total. The minimum Gasteiger partial charge on any atom is -0.377 e. The molecule has 2 heterocycles. The van der Waals surface area contributed by atoms with Crippen LogP contribution in [0.3, 0.4) is 0 Å². The van der Waals surface area contributed by atoms with Crippen molar-refractivity contribution in [1.82, 2.24) is 10.2 Å². The van der Waals surface area contributed by atoms with Crippen molar-refractivity contribution < 1.29 is 4.74 Å². The second-order valence-corrected chi connectivity index (χ2v) is 6.99. The van der Waals surface area contributed by atoms with Gasteiger partial charge in [0.2, 0.25) is 0 Å². The average Bonchev–Trinajstić information content (AvgIpc) is 2.91. The first-order valence-electron chi connectivity index (χ1n) is 8.16. The fourth-order valence-corrected chi connectivity index (χ4v) is 3.61. The first kappa shape index (κ1) is 15.3. The van der Waals surface area contributed by atoms with E-state index in [0.29, 0.717) is 11.5 Å². The SMILES string of the molecule is CCN(CC1CCCO1)CC(C)(C)C1CCCNC1. The zero-order valence-corrected chi connectivity index (χ0v) is 13.1. The Morgan fingerprint density at radius 1 is 1.26 bits per heavy atom. The highest BCUT2D eigenvalue weighted by Crippen LogP contribution is 2.32. The van der Waals surface area contributed by atoms with Gasteiger partial charge in [-0.25, -0.2) is 0 Å². The van der Waals surface area contributed by atoms with Gasteiger partial charge in [0, 0.05) is 19.7 Å². The normalized spacial score (nSPS) is 29.1. The quantitative estimate of drug-likeness (QED) is 0.801. The highest BCUT2D eigenvalue weighted by molar-refractivity contribution is 4.86. The van der Waals surface area contributed by atoms with Crippen LogP contribution in [0.5, 0.6) is 0 Å². The largest absolute Gasteiger partial charge is 0.377 e. The molecule has 3 nitrogen and oxygen atoms in total. The molecule has 0 aliphatic carbocycles. The van der Waals surface area contributed by atoms with Gasteiger partial charge < -0.3 is 15.0 Å². The van der Waals surface area contributed by atoms with Crippen LogP contribution >= 0.6 is 0 Å². The van der Waals surface area contributed by atoms with Gasteiger partial charge in [-0.3, -0.25) is 0 Å². The summed E-state index contributed by atoms with van der Waals surface area (Å²) in [6, 6.07) is 0. The third kappa shape index (κ3) is 4.44. The molecule has 2 rings (SSSR count). The van der Waals surface area contributed by atoms with Crippen molar-refractivity contribution >= 4 is 0 Å². The van der Waals surface area contributed by atoms with E-state index >= 15 is 0 Å². The summed E-state index contributed by atoms with van der Waals surface area (Å²) in [5.41, 5.74) is 0.405. The number of hydrogen-bond acceptors (Lipinski definition) is 3. The van der Waals surface area contributed by atoms with Crippen molar-refractivity contribution in [3.05, 3.63) is 0 Å². The van der Waals surface area contributed by atoms with Gasteiger partial charge >= 0.3 is 0 Å². The molecule has 0 aromatic heterocycles. The van der Waals surface area contributed by atoms with Gasteiger partial charge in [0.15, 0.2) is 0 Å². The molecule has 3 heteroatoms. The third-order valence-electron chi connectivity index (χ3n) is 4.97. The van der Waals surface area contributed by atoms with Gasteiger partial charge in [0.1, 0.15) is 0 Å². The third-order valence-corrected chi connectivity index (χ3v) is 4.97. The number of rotatable bonds is 6. The van der Waals surface area contributed by atoms with Crippen LogP contribution in [0.25, 0.3) is 0 Å². The lowest BCUT2D eigenvalue weighted by molar-refractivity contribution is 0.0449. The summed E-state index contributed by atoms with van der Waals surface area (Å²) in [5, 5.41) is 3.56. The molecule has 2 aliphatic heterocycles. The van der Waals surface area contributed by atoms with Crippen LogP contribution in [-0.2, 0) is 4.74 Å². The van der Waals surface area contributed by atoms with Gasteiger partial charge in [-0.1, -0.05) is 20.8 Å². The van der Waals surface area contributed by atoms with Crippen LogP contribution in [0.15, 0.2) is 0 Å². The molecule has 2 aliphatic rings. The molecule has 0 amide bonds. The van der Waals surface area contributed by atoms with Crippen molar-refractivity contribution in [1.29, 1.82) is 0 Å². The van der Waals surface area contributed by atoms with Crippen LogP contribution < -0.4 is 5.32 Å². The molecule has 0 saturated carbocycles. The molecule has 0 radical (unpaired) electrons. The van der Waals surface area contributed by atoms with Crippen LogP contribution in [-0.4, -0.2) is 50.3 Å². The predicted octanol–water partition coefficient (Wildman–Crippen LogP) is 2.51. The molecule has 2 saturated heterocycles. The number of likely N-dealkylation sites (N-methyl/N-ethyl adjacent to an activating group) is 1. The average molecular weight is 268 g/mol. The van der Waals surface area contributed by atoms with Crippen LogP contribution in [0.1, 0.15) is 46.5 Å². The fourth-order valence-electron chi connectivity index (χ4n) is 3.61. The molecule has 0 aromatic rings. The van der Waals surface area contributed by atoms with Crippen molar-refractivity contribution in [3.8, 4) is 0 Å². The second kappa shape index (κ2) is 7.05. The van der Waals surface area contributed by atoms with Crippen molar-refractivity contribution in [2.45, 2.75) is 52.6 Å². The van der Waals surface area contributed by atoms with E-state index in [4.69, 9.17) is 4.74 Å². The molecule has 2 unspecified atom stereocenters. The van der Waals surface area contributed by atoms with Crippen molar-refractivity contribution in [2.24, 2.45) is 11.3 Å². The van der Waals surface area contributed by atoms with E-state index in [1.54, 1.807) is 0 Å². The number of ether oxygens (including phenoxy) is 1. The zero-order chi connectivity index (χ0) is 13.7. The van der Waals surface area contributed by atoms with E-state index in [2.05, 4.69) is 31.0 Å². The molecule has 0 bridgehead atoms. The summed E-state index contributed by atoms with van der Waals surface area (Å²) >= 11 is 0. The molecule has 112 valence electrons. The van der Waals surface area contributed by atoms with Crippen LogP contribution in [0.4, 0.5) is 0 Å². The number of piperidine rings is 1. The van der Waals surface area contributed by atoms with E-state index in [-0.39, 0.29) is 0 Å². The first-order chi connectivity index (χ1) is 9.12. The lowest BCUT2D eigenvalue weighted by Gasteiger charge is -2.41. The van der Waals surface area contributed by atoms with E-state index in [0.717, 1.165) is 25.6 Å². The highest BCUT2D eigenvalue weighted by atomic mass is 16.5. The minimum atomic E-state index is 0.405. The summed E-state index contributed by atoms with van der Waals surface area (Å²) in [4.78, 5) is 2.60. The second-order valence-electron chi connectivity index (χ2n) is 6.99. The minimum absolute atomic E-state index is 0.405. The van der Waals surface area contributed by atoms with E-state index in [9.17, 15) is 0 Å². The number of nitrogens with one attached hydrogen (secondary N) is 1. The Morgan fingerprint density at radius 2 is 2.11 bits per heavy atom. The van der Waals surface area contributed by atoms with Gasteiger partial charge in [-0.05, 0) is 56.7 Å². The molecule has 2 fully saturated rings. The van der Waals surface area contributed by atoms with Crippen molar-refractivity contribution in [2.75, 3.05) is 39.3 Å². The Labute approximate surface area is 119 Å². The topological polar surface area (TPSA) is 24.5 Å². The lowest BCUT2D eigenvalue weighted by Crippen LogP contribution is -2.46. The molecule has 0 spiro atoms. The van der Waals surface area contributed by atoms with Crippen molar-refractivity contribution in [3.63, 3.8) is 0 Å². The zero-order valence-electron chi connectivity index (χ0n) is 13.1. The molecule has 19 heavy (non-hydrogen) atoms.